The van der Waals surface area contributed by atoms with E-state index in [1.54, 1.807) is 0 Å². The highest BCUT2D eigenvalue weighted by molar-refractivity contribution is 7.99. The molecule has 0 bridgehead atoms. The summed E-state index contributed by atoms with van der Waals surface area (Å²) in [5.74, 6) is 0.656. The van der Waals surface area contributed by atoms with E-state index in [1.807, 2.05) is 23.9 Å². The van der Waals surface area contributed by atoms with Crippen molar-refractivity contribution in [3.05, 3.63) is 59.1 Å². The Morgan fingerprint density at radius 1 is 1.00 bits per heavy atom. The number of nitrogens with one attached hydrogen (secondary N) is 1. The van der Waals surface area contributed by atoms with Crippen LogP contribution in [0.15, 0.2) is 58.3 Å². The first-order valence-corrected chi connectivity index (χ1v) is 11.1. The summed E-state index contributed by atoms with van der Waals surface area (Å²) in [4.78, 5) is 5.28. The van der Waals surface area contributed by atoms with Crippen molar-refractivity contribution in [2.75, 3.05) is 39.4 Å². The highest BCUT2D eigenvalue weighted by Crippen LogP contribution is 2.41. The van der Waals surface area contributed by atoms with E-state index in [-0.39, 0.29) is 0 Å². The number of ether oxygens (including phenoxy) is 1. The molecule has 144 valence electrons. The van der Waals surface area contributed by atoms with Crippen LogP contribution in [0.1, 0.15) is 24.4 Å². The van der Waals surface area contributed by atoms with E-state index in [9.17, 15) is 0 Å². The van der Waals surface area contributed by atoms with Gasteiger partial charge in [0.15, 0.2) is 0 Å². The summed E-state index contributed by atoms with van der Waals surface area (Å²) in [6.07, 6.45) is 2.29. The van der Waals surface area contributed by atoms with Crippen molar-refractivity contribution in [3.63, 3.8) is 0 Å². The second kappa shape index (κ2) is 9.44. The monoisotopic (exact) mass is 402 g/mol. The number of hydrogen-bond acceptors (Lipinski definition) is 4. The minimum atomic E-state index is 0.465. The zero-order valence-corrected chi connectivity index (χ0v) is 17.1. The number of benzene rings is 2. The summed E-state index contributed by atoms with van der Waals surface area (Å²) in [5.41, 5.74) is 1.46. The van der Waals surface area contributed by atoms with Gasteiger partial charge in [-0.3, -0.25) is 4.90 Å². The van der Waals surface area contributed by atoms with Crippen molar-refractivity contribution in [1.29, 1.82) is 0 Å². The van der Waals surface area contributed by atoms with E-state index in [1.165, 1.54) is 15.4 Å². The van der Waals surface area contributed by atoms with Crippen molar-refractivity contribution in [2.45, 2.75) is 28.7 Å². The zero-order chi connectivity index (χ0) is 18.5. The fourth-order valence-corrected chi connectivity index (χ4v) is 5.29. The quantitative estimate of drug-likeness (QED) is 0.771. The average Bonchev–Trinajstić information content (AvgIpc) is 2.73. The van der Waals surface area contributed by atoms with Gasteiger partial charge in [-0.05, 0) is 54.7 Å². The predicted molar refractivity (Wildman–Crippen MR) is 113 cm³/mol. The summed E-state index contributed by atoms with van der Waals surface area (Å²) in [6.45, 7) is 6.15. The lowest BCUT2D eigenvalue weighted by molar-refractivity contribution is 0.0206. The van der Waals surface area contributed by atoms with Crippen LogP contribution < -0.4 is 5.32 Å². The molecule has 1 N–H and O–H groups in total. The maximum absolute atomic E-state index is 6.07. The van der Waals surface area contributed by atoms with E-state index >= 15 is 0 Å². The van der Waals surface area contributed by atoms with Crippen LogP contribution in [0.2, 0.25) is 5.02 Å². The van der Waals surface area contributed by atoms with Gasteiger partial charge in [0.25, 0.3) is 0 Å². The van der Waals surface area contributed by atoms with Crippen LogP contribution >= 0.6 is 23.4 Å². The maximum Gasteiger partial charge on any atom is 0.0469 e. The van der Waals surface area contributed by atoms with Gasteiger partial charge in [-0.1, -0.05) is 41.6 Å². The third kappa shape index (κ3) is 4.87. The molecule has 5 heteroatoms. The standard InChI is InChI=1S/C22H27ClN2OS/c23-18-5-7-19(8-6-18)27-21-4-2-1-3-20(21)22(17-9-15-26-16-10-17)25-13-11-24-12-14-25/h1-8,17,22,24H,9-16H2/t22-/m0/s1. The Kier molecular flexibility index (Phi) is 6.74. The van der Waals surface area contributed by atoms with Crippen molar-refractivity contribution < 1.29 is 4.74 Å². The summed E-state index contributed by atoms with van der Waals surface area (Å²) in [5, 5.41) is 4.29. The van der Waals surface area contributed by atoms with E-state index in [0.717, 1.165) is 57.3 Å². The molecule has 2 saturated heterocycles. The van der Waals surface area contributed by atoms with Gasteiger partial charge >= 0.3 is 0 Å². The minimum absolute atomic E-state index is 0.465. The fraction of sp³-hybridized carbons (Fsp3) is 0.455. The fourth-order valence-electron chi connectivity index (χ4n) is 4.19. The molecular formula is C22H27ClN2OS. The first-order chi connectivity index (χ1) is 13.3. The first-order valence-electron chi connectivity index (χ1n) is 9.86. The second-order valence-electron chi connectivity index (χ2n) is 7.27. The molecule has 0 saturated carbocycles. The lowest BCUT2D eigenvalue weighted by Gasteiger charge is -2.41. The molecule has 4 rings (SSSR count). The highest BCUT2D eigenvalue weighted by Gasteiger charge is 2.32. The molecule has 2 heterocycles. The first kappa shape index (κ1) is 19.3. The third-order valence-electron chi connectivity index (χ3n) is 5.54. The summed E-state index contributed by atoms with van der Waals surface area (Å²) < 4.78 is 5.66. The van der Waals surface area contributed by atoms with Gasteiger partial charge in [0.1, 0.15) is 0 Å². The number of nitrogens with zero attached hydrogens (tertiary/aromatic N) is 1. The highest BCUT2D eigenvalue weighted by atomic mass is 35.5. The van der Waals surface area contributed by atoms with E-state index in [4.69, 9.17) is 16.3 Å². The number of piperazine rings is 1. The largest absolute Gasteiger partial charge is 0.381 e. The summed E-state index contributed by atoms with van der Waals surface area (Å²) in [7, 11) is 0. The van der Waals surface area contributed by atoms with Crippen LogP contribution in [0.5, 0.6) is 0 Å². The van der Waals surface area contributed by atoms with Crippen LogP contribution in [-0.4, -0.2) is 44.3 Å². The van der Waals surface area contributed by atoms with Crippen molar-refractivity contribution in [2.24, 2.45) is 5.92 Å². The van der Waals surface area contributed by atoms with Crippen LogP contribution in [0.3, 0.4) is 0 Å². The van der Waals surface area contributed by atoms with Gasteiger partial charge < -0.3 is 10.1 Å². The Hall–Kier alpha value is -1.04. The van der Waals surface area contributed by atoms with Crippen LogP contribution in [0.4, 0.5) is 0 Å². The van der Waals surface area contributed by atoms with Crippen LogP contribution in [-0.2, 0) is 4.74 Å². The molecule has 2 aliphatic heterocycles. The lowest BCUT2D eigenvalue weighted by atomic mass is 9.85. The Morgan fingerprint density at radius 2 is 1.70 bits per heavy atom. The Bertz CT molecular complexity index is 709. The molecule has 2 aliphatic rings. The summed E-state index contributed by atoms with van der Waals surface area (Å²) in [6, 6.07) is 17.6. The van der Waals surface area contributed by atoms with Crippen LogP contribution in [0, 0.1) is 5.92 Å². The van der Waals surface area contributed by atoms with Gasteiger partial charge in [0, 0.05) is 60.2 Å². The van der Waals surface area contributed by atoms with E-state index < -0.39 is 0 Å². The third-order valence-corrected chi connectivity index (χ3v) is 6.89. The molecule has 0 aliphatic carbocycles. The Labute approximate surface area is 171 Å². The zero-order valence-electron chi connectivity index (χ0n) is 15.6. The van der Waals surface area contributed by atoms with Gasteiger partial charge in [-0.25, -0.2) is 0 Å². The molecule has 2 aromatic rings. The second-order valence-corrected chi connectivity index (χ2v) is 8.83. The van der Waals surface area contributed by atoms with E-state index in [0.29, 0.717) is 12.0 Å². The van der Waals surface area contributed by atoms with Gasteiger partial charge in [-0.2, -0.15) is 0 Å². The molecule has 3 nitrogen and oxygen atoms in total. The van der Waals surface area contributed by atoms with Crippen molar-refractivity contribution >= 4 is 23.4 Å². The molecule has 0 radical (unpaired) electrons. The Morgan fingerprint density at radius 3 is 2.44 bits per heavy atom. The molecular weight excluding hydrogens is 376 g/mol. The molecule has 0 spiro atoms. The molecule has 27 heavy (non-hydrogen) atoms. The van der Waals surface area contributed by atoms with Gasteiger partial charge in [-0.15, -0.1) is 0 Å². The predicted octanol–water partition coefficient (Wildman–Crippen LogP) is 4.86. The molecule has 2 fully saturated rings. The normalized spacial score (nSPS) is 20.5. The molecule has 2 aromatic carbocycles. The molecule has 0 amide bonds. The van der Waals surface area contributed by atoms with Crippen LogP contribution in [0.25, 0.3) is 0 Å². The average molecular weight is 403 g/mol. The number of rotatable bonds is 5. The van der Waals surface area contributed by atoms with Gasteiger partial charge in [0.2, 0.25) is 0 Å². The topological polar surface area (TPSA) is 24.5 Å². The lowest BCUT2D eigenvalue weighted by Crippen LogP contribution is -2.47. The molecule has 1 atom stereocenters. The SMILES string of the molecule is Clc1ccc(Sc2ccccc2[C@H](C2CCOCC2)N2CCNCC2)cc1. The van der Waals surface area contributed by atoms with E-state index in [2.05, 4.69) is 46.6 Å². The molecule has 0 aromatic heterocycles. The minimum Gasteiger partial charge on any atom is -0.381 e. The number of halogens is 1. The van der Waals surface area contributed by atoms with Crippen molar-refractivity contribution in [3.8, 4) is 0 Å². The molecule has 0 unspecified atom stereocenters. The maximum atomic E-state index is 6.07. The number of hydrogen-bond donors (Lipinski definition) is 1. The smallest absolute Gasteiger partial charge is 0.0469 e. The van der Waals surface area contributed by atoms with Gasteiger partial charge in [0.05, 0.1) is 0 Å². The summed E-state index contributed by atoms with van der Waals surface area (Å²) >= 11 is 7.91. The Balaban J connectivity index is 1.65. The van der Waals surface area contributed by atoms with Crippen molar-refractivity contribution in [1.82, 2.24) is 10.2 Å².